The standard InChI is InChI=1S/C12H14Cl2N2O/c13-10-3-4-12(14)15-11(10)7-16-5-8-1-2-9(6-16)17-8/h3-4,8-9H,1-2,5-7H2. The van der Waals surface area contributed by atoms with Crippen molar-refractivity contribution in [1.82, 2.24) is 9.88 Å². The summed E-state index contributed by atoms with van der Waals surface area (Å²) in [7, 11) is 0. The van der Waals surface area contributed by atoms with Crippen molar-refractivity contribution in [2.75, 3.05) is 13.1 Å². The summed E-state index contributed by atoms with van der Waals surface area (Å²) in [4.78, 5) is 6.65. The van der Waals surface area contributed by atoms with Crippen LogP contribution in [-0.4, -0.2) is 35.2 Å². The maximum atomic E-state index is 6.12. The monoisotopic (exact) mass is 272 g/mol. The van der Waals surface area contributed by atoms with Crippen LogP contribution >= 0.6 is 23.2 Å². The lowest BCUT2D eigenvalue weighted by Crippen LogP contribution is -2.42. The van der Waals surface area contributed by atoms with Crippen LogP contribution in [0.4, 0.5) is 0 Å². The van der Waals surface area contributed by atoms with Gasteiger partial charge in [-0.1, -0.05) is 23.2 Å². The van der Waals surface area contributed by atoms with Crippen molar-refractivity contribution in [3.8, 4) is 0 Å². The molecule has 3 nitrogen and oxygen atoms in total. The van der Waals surface area contributed by atoms with Crippen molar-refractivity contribution in [2.24, 2.45) is 0 Å². The van der Waals surface area contributed by atoms with Gasteiger partial charge in [0.15, 0.2) is 0 Å². The molecule has 3 rings (SSSR count). The number of likely N-dealkylation sites (tertiary alicyclic amines) is 1. The minimum absolute atomic E-state index is 0.395. The molecule has 17 heavy (non-hydrogen) atoms. The minimum Gasteiger partial charge on any atom is -0.372 e. The molecule has 1 aromatic rings. The summed E-state index contributed by atoms with van der Waals surface area (Å²) in [6, 6.07) is 3.53. The van der Waals surface area contributed by atoms with E-state index in [2.05, 4.69) is 9.88 Å². The maximum Gasteiger partial charge on any atom is 0.129 e. The van der Waals surface area contributed by atoms with Crippen molar-refractivity contribution >= 4 is 23.2 Å². The van der Waals surface area contributed by atoms with Crippen LogP contribution in [0.2, 0.25) is 10.2 Å². The van der Waals surface area contributed by atoms with E-state index in [-0.39, 0.29) is 0 Å². The smallest absolute Gasteiger partial charge is 0.129 e. The Balaban J connectivity index is 1.72. The third-order valence-electron chi connectivity index (χ3n) is 3.38. The molecular weight excluding hydrogens is 259 g/mol. The van der Waals surface area contributed by atoms with Gasteiger partial charge in [-0.2, -0.15) is 0 Å². The van der Waals surface area contributed by atoms with Crippen molar-refractivity contribution in [3.05, 3.63) is 28.0 Å². The molecule has 2 fully saturated rings. The Morgan fingerprint density at radius 2 is 1.94 bits per heavy atom. The fourth-order valence-electron chi connectivity index (χ4n) is 2.61. The van der Waals surface area contributed by atoms with Gasteiger partial charge in [0.05, 0.1) is 22.9 Å². The second-order valence-electron chi connectivity index (χ2n) is 4.71. The van der Waals surface area contributed by atoms with Crippen molar-refractivity contribution in [1.29, 1.82) is 0 Å². The SMILES string of the molecule is Clc1ccc(Cl)c(CN2CC3CCC(C2)O3)n1. The molecule has 0 amide bonds. The molecule has 2 aliphatic rings. The average Bonchev–Trinajstić information content (AvgIpc) is 2.63. The summed E-state index contributed by atoms with van der Waals surface area (Å²) < 4.78 is 5.80. The first-order chi connectivity index (χ1) is 8.20. The first-order valence-electron chi connectivity index (χ1n) is 5.89. The van der Waals surface area contributed by atoms with Crippen LogP contribution in [0.25, 0.3) is 0 Å². The van der Waals surface area contributed by atoms with Crippen molar-refractivity contribution < 1.29 is 4.74 Å². The largest absolute Gasteiger partial charge is 0.372 e. The van der Waals surface area contributed by atoms with Crippen LogP contribution in [-0.2, 0) is 11.3 Å². The summed E-state index contributed by atoms with van der Waals surface area (Å²) in [5.41, 5.74) is 0.862. The number of hydrogen-bond donors (Lipinski definition) is 0. The topological polar surface area (TPSA) is 25.4 Å². The molecule has 2 unspecified atom stereocenters. The van der Waals surface area contributed by atoms with Gasteiger partial charge in [-0.05, 0) is 25.0 Å². The number of fused-ring (bicyclic) bond motifs is 2. The summed E-state index contributed by atoms with van der Waals surface area (Å²) in [5.74, 6) is 0. The van der Waals surface area contributed by atoms with Gasteiger partial charge < -0.3 is 4.74 Å². The number of nitrogens with zero attached hydrogens (tertiary/aromatic N) is 2. The molecule has 2 atom stereocenters. The molecule has 0 saturated carbocycles. The number of pyridine rings is 1. The molecule has 5 heteroatoms. The van der Waals surface area contributed by atoms with Gasteiger partial charge in [0.2, 0.25) is 0 Å². The highest BCUT2D eigenvalue weighted by Crippen LogP contribution is 2.28. The summed E-state index contributed by atoms with van der Waals surface area (Å²) >= 11 is 12.0. The molecule has 0 radical (unpaired) electrons. The van der Waals surface area contributed by atoms with Crippen LogP contribution < -0.4 is 0 Å². The Hall–Kier alpha value is -0.350. The predicted molar refractivity (Wildman–Crippen MR) is 67.4 cm³/mol. The summed E-state index contributed by atoms with van der Waals surface area (Å²) in [6.07, 6.45) is 3.15. The van der Waals surface area contributed by atoms with Gasteiger partial charge in [-0.3, -0.25) is 4.90 Å². The number of ether oxygens (including phenoxy) is 1. The second kappa shape index (κ2) is 4.73. The number of rotatable bonds is 2. The lowest BCUT2D eigenvalue weighted by molar-refractivity contribution is -0.0413. The van der Waals surface area contributed by atoms with Gasteiger partial charge in [0, 0.05) is 19.6 Å². The molecular formula is C12H14Cl2N2O. The molecule has 0 N–H and O–H groups in total. The van der Waals surface area contributed by atoms with Gasteiger partial charge in [-0.15, -0.1) is 0 Å². The Morgan fingerprint density at radius 3 is 2.65 bits per heavy atom. The Morgan fingerprint density at radius 1 is 1.24 bits per heavy atom. The van der Waals surface area contributed by atoms with E-state index in [9.17, 15) is 0 Å². The molecule has 0 aliphatic carbocycles. The normalized spacial score (nSPS) is 28.6. The summed E-state index contributed by atoms with van der Waals surface area (Å²) in [6.45, 7) is 2.71. The van der Waals surface area contributed by atoms with Crippen LogP contribution in [0, 0.1) is 0 Å². The van der Waals surface area contributed by atoms with Gasteiger partial charge in [0.25, 0.3) is 0 Å². The van der Waals surface area contributed by atoms with Crippen LogP contribution in [0.5, 0.6) is 0 Å². The molecule has 2 aliphatic heterocycles. The zero-order valence-corrected chi connectivity index (χ0v) is 10.9. The molecule has 2 saturated heterocycles. The first-order valence-corrected chi connectivity index (χ1v) is 6.65. The van der Waals surface area contributed by atoms with E-state index in [4.69, 9.17) is 27.9 Å². The minimum atomic E-state index is 0.395. The van der Waals surface area contributed by atoms with Gasteiger partial charge in [-0.25, -0.2) is 4.98 Å². The molecule has 0 aromatic carbocycles. The van der Waals surface area contributed by atoms with Crippen molar-refractivity contribution in [3.63, 3.8) is 0 Å². The van der Waals surface area contributed by atoms with Crippen LogP contribution in [0.1, 0.15) is 18.5 Å². The molecule has 3 heterocycles. The molecule has 1 aromatic heterocycles. The zero-order valence-electron chi connectivity index (χ0n) is 9.40. The summed E-state index contributed by atoms with van der Waals surface area (Å²) in [5, 5.41) is 1.19. The van der Waals surface area contributed by atoms with E-state index < -0.39 is 0 Å². The third kappa shape index (κ3) is 2.58. The highest BCUT2D eigenvalue weighted by molar-refractivity contribution is 6.32. The van der Waals surface area contributed by atoms with E-state index >= 15 is 0 Å². The first kappa shape index (κ1) is 11.7. The molecule has 92 valence electrons. The fourth-order valence-corrected chi connectivity index (χ4v) is 2.94. The molecule has 2 bridgehead atoms. The number of morpholine rings is 1. The second-order valence-corrected chi connectivity index (χ2v) is 5.51. The number of hydrogen-bond acceptors (Lipinski definition) is 3. The van der Waals surface area contributed by atoms with Crippen molar-refractivity contribution in [2.45, 2.75) is 31.6 Å². The Kier molecular flexibility index (Phi) is 3.26. The highest BCUT2D eigenvalue weighted by atomic mass is 35.5. The number of aromatic nitrogens is 1. The van der Waals surface area contributed by atoms with E-state index in [1.54, 1.807) is 12.1 Å². The van der Waals surface area contributed by atoms with E-state index in [0.29, 0.717) is 22.4 Å². The van der Waals surface area contributed by atoms with Crippen LogP contribution in [0.15, 0.2) is 12.1 Å². The predicted octanol–water partition coefficient (Wildman–Crippen LogP) is 2.75. The third-order valence-corrected chi connectivity index (χ3v) is 3.93. The van der Waals surface area contributed by atoms with E-state index in [1.807, 2.05) is 0 Å². The lowest BCUT2D eigenvalue weighted by Gasteiger charge is -2.31. The van der Waals surface area contributed by atoms with E-state index in [0.717, 1.165) is 25.3 Å². The molecule has 0 spiro atoms. The maximum absolute atomic E-state index is 6.12. The highest BCUT2D eigenvalue weighted by Gasteiger charge is 2.33. The van der Waals surface area contributed by atoms with E-state index in [1.165, 1.54) is 12.8 Å². The Bertz CT molecular complexity index is 415. The van der Waals surface area contributed by atoms with Crippen LogP contribution in [0.3, 0.4) is 0 Å². The number of halogens is 2. The zero-order chi connectivity index (χ0) is 11.8. The van der Waals surface area contributed by atoms with Gasteiger partial charge in [0.1, 0.15) is 5.15 Å². The fraction of sp³-hybridized carbons (Fsp3) is 0.583. The lowest BCUT2D eigenvalue weighted by atomic mass is 10.2. The quantitative estimate of drug-likeness (QED) is 0.775. The average molecular weight is 273 g/mol. The Labute approximate surface area is 111 Å². The van der Waals surface area contributed by atoms with Gasteiger partial charge >= 0.3 is 0 Å².